The summed E-state index contributed by atoms with van der Waals surface area (Å²) >= 11 is 0. The van der Waals surface area contributed by atoms with Crippen molar-refractivity contribution >= 4 is 5.95 Å². The Kier molecular flexibility index (Phi) is 4.08. The number of benzene rings is 1. The van der Waals surface area contributed by atoms with Gasteiger partial charge in [-0.15, -0.1) is 0 Å². The first kappa shape index (κ1) is 15.4. The molecule has 1 spiro atoms. The summed E-state index contributed by atoms with van der Waals surface area (Å²) in [6.45, 7) is 3.10. The molecule has 2 aliphatic rings. The van der Waals surface area contributed by atoms with Crippen LogP contribution >= 0.6 is 0 Å². The Bertz CT molecular complexity index is 672. The van der Waals surface area contributed by atoms with Crippen LogP contribution in [0.4, 0.5) is 5.95 Å². The standard InChI is InChI=1S/C18H21N3O3/c1-22-16-4-2-14(3-5-16)15-12-19-17(20-13-15)21-8-6-18(7-9-21)23-10-11-24-18/h2-5,12-13H,6-11H2,1H3. The molecule has 0 bridgehead atoms. The van der Waals surface area contributed by atoms with Gasteiger partial charge in [-0.3, -0.25) is 0 Å². The van der Waals surface area contributed by atoms with Gasteiger partial charge >= 0.3 is 0 Å². The van der Waals surface area contributed by atoms with Crippen LogP contribution in [-0.2, 0) is 9.47 Å². The number of methoxy groups -OCH3 is 1. The molecule has 2 fully saturated rings. The van der Waals surface area contributed by atoms with Gasteiger partial charge in [0.1, 0.15) is 5.75 Å². The van der Waals surface area contributed by atoms with Gasteiger partial charge < -0.3 is 19.1 Å². The molecule has 24 heavy (non-hydrogen) atoms. The highest BCUT2D eigenvalue weighted by atomic mass is 16.7. The number of aromatic nitrogens is 2. The fourth-order valence-electron chi connectivity index (χ4n) is 3.25. The van der Waals surface area contributed by atoms with Crippen LogP contribution < -0.4 is 9.64 Å². The fourth-order valence-corrected chi connectivity index (χ4v) is 3.25. The Morgan fingerprint density at radius 3 is 2.17 bits per heavy atom. The van der Waals surface area contributed by atoms with Crippen molar-refractivity contribution in [2.24, 2.45) is 0 Å². The second kappa shape index (κ2) is 6.37. The van der Waals surface area contributed by atoms with E-state index in [1.165, 1.54) is 0 Å². The summed E-state index contributed by atoms with van der Waals surface area (Å²) in [5.41, 5.74) is 2.07. The Labute approximate surface area is 141 Å². The molecule has 0 saturated carbocycles. The van der Waals surface area contributed by atoms with Crippen molar-refractivity contribution in [3.8, 4) is 16.9 Å². The molecule has 4 rings (SSSR count). The number of hydrogen-bond donors (Lipinski definition) is 0. The van der Waals surface area contributed by atoms with Crippen LogP contribution in [-0.4, -0.2) is 49.2 Å². The van der Waals surface area contributed by atoms with Crippen LogP contribution in [0.2, 0.25) is 0 Å². The van der Waals surface area contributed by atoms with E-state index in [-0.39, 0.29) is 5.79 Å². The van der Waals surface area contributed by atoms with E-state index in [1.807, 2.05) is 36.7 Å². The summed E-state index contributed by atoms with van der Waals surface area (Å²) in [6.07, 6.45) is 5.46. The third-order valence-corrected chi connectivity index (χ3v) is 4.68. The molecule has 0 radical (unpaired) electrons. The van der Waals surface area contributed by atoms with Crippen LogP contribution in [0.1, 0.15) is 12.8 Å². The first-order valence-electron chi connectivity index (χ1n) is 8.27. The average Bonchev–Trinajstić information content (AvgIpc) is 3.11. The third kappa shape index (κ3) is 2.95. The zero-order chi connectivity index (χ0) is 16.4. The van der Waals surface area contributed by atoms with Crippen LogP contribution in [0.15, 0.2) is 36.7 Å². The molecule has 2 saturated heterocycles. The van der Waals surface area contributed by atoms with Gasteiger partial charge in [-0.05, 0) is 17.7 Å². The molecule has 0 amide bonds. The summed E-state index contributed by atoms with van der Waals surface area (Å²) in [4.78, 5) is 11.3. The first-order chi connectivity index (χ1) is 11.8. The first-order valence-corrected chi connectivity index (χ1v) is 8.27. The minimum atomic E-state index is -0.362. The van der Waals surface area contributed by atoms with E-state index >= 15 is 0 Å². The van der Waals surface area contributed by atoms with Crippen molar-refractivity contribution < 1.29 is 14.2 Å². The predicted molar refractivity (Wildman–Crippen MR) is 90.1 cm³/mol. The minimum absolute atomic E-state index is 0.362. The van der Waals surface area contributed by atoms with E-state index in [0.29, 0.717) is 13.2 Å². The molecular weight excluding hydrogens is 306 g/mol. The molecule has 0 N–H and O–H groups in total. The van der Waals surface area contributed by atoms with Crippen molar-refractivity contribution in [1.29, 1.82) is 0 Å². The predicted octanol–water partition coefficient (Wildman–Crippen LogP) is 2.50. The smallest absolute Gasteiger partial charge is 0.225 e. The van der Waals surface area contributed by atoms with Gasteiger partial charge in [-0.1, -0.05) is 12.1 Å². The lowest BCUT2D eigenvalue weighted by Gasteiger charge is -2.37. The highest BCUT2D eigenvalue weighted by molar-refractivity contribution is 5.62. The fraction of sp³-hybridized carbons (Fsp3) is 0.444. The van der Waals surface area contributed by atoms with Gasteiger partial charge in [-0.2, -0.15) is 0 Å². The topological polar surface area (TPSA) is 56.7 Å². The van der Waals surface area contributed by atoms with Gasteiger partial charge in [0.25, 0.3) is 0 Å². The summed E-state index contributed by atoms with van der Waals surface area (Å²) in [7, 11) is 1.66. The highest BCUT2D eigenvalue weighted by Gasteiger charge is 2.40. The van der Waals surface area contributed by atoms with E-state index < -0.39 is 0 Å². The van der Waals surface area contributed by atoms with Gasteiger partial charge in [0.2, 0.25) is 5.95 Å². The van der Waals surface area contributed by atoms with Gasteiger partial charge in [0, 0.05) is 43.9 Å². The van der Waals surface area contributed by atoms with Crippen molar-refractivity contribution in [1.82, 2.24) is 9.97 Å². The molecule has 6 heteroatoms. The lowest BCUT2D eigenvalue weighted by Crippen LogP contribution is -2.45. The molecule has 3 heterocycles. The van der Waals surface area contributed by atoms with E-state index in [2.05, 4.69) is 14.9 Å². The van der Waals surface area contributed by atoms with Crippen LogP contribution in [0.3, 0.4) is 0 Å². The quantitative estimate of drug-likeness (QED) is 0.863. The van der Waals surface area contributed by atoms with Gasteiger partial charge in [-0.25, -0.2) is 9.97 Å². The number of anilines is 1. The maximum absolute atomic E-state index is 5.76. The Morgan fingerprint density at radius 2 is 1.58 bits per heavy atom. The van der Waals surface area contributed by atoms with Crippen molar-refractivity contribution in [2.75, 3.05) is 38.3 Å². The van der Waals surface area contributed by atoms with Crippen molar-refractivity contribution in [3.05, 3.63) is 36.7 Å². The van der Waals surface area contributed by atoms with E-state index in [4.69, 9.17) is 14.2 Å². The summed E-state index contributed by atoms with van der Waals surface area (Å²) in [6, 6.07) is 7.90. The number of ether oxygens (including phenoxy) is 3. The molecular formula is C18H21N3O3. The van der Waals surface area contributed by atoms with Crippen molar-refractivity contribution in [2.45, 2.75) is 18.6 Å². The van der Waals surface area contributed by atoms with Gasteiger partial charge in [0.15, 0.2) is 5.79 Å². The molecule has 0 unspecified atom stereocenters. The largest absolute Gasteiger partial charge is 0.497 e. The zero-order valence-corrected chi connectivity index (χ0v) is 13.8. The highest BCUT2D eigenvalue weighted by Crippen LogP contribution is 2.32. The molecule has 1 aromatic carbocycles. The van der Waals surface area contributed by atoms with Crippen LogP contribution in [0.25, 0.3) is 11.1 Å². The normalized spacial score (nSPS) is 19.6. The second-order valence-electron chi connectivity index (χ2n) is 6.09. The SMILES string of the molecule is COc1ccc(-c2cnc(N3CCC4(CC3)OCCO4)nc2)cc1. The Hall–Kier alpha value is -2.18. The van der Waals surface area contributed by atoms with Crippen LogP contribution in [0, 0.1) is 0 Å². The van der Waals surface area contributed by atoms with E-state index in [1.54, 1.807) is 7.11 Å². The molecule has 126 valence electrons. The molecule has 0 aliphatic carbocycles. The second-order valence-corrected chi connectivity index (χ2v) is 6.09. The number of nitrogens with zero attached hydrogens (tertiary/aromatic N) is 3. The maximum atomic E-state index is 5.76. The number of piperidine rings is 1. The summed E-state index contributed by atoms with van der Waals surface area (Å²) in [5, 5.41) is 0. The van der Waals surface area contributed by atoms with E-state index in [9.17, 15) is 0 Å². The van der Waals surface area contributed by atoms with Crippen LogP contribution in [0.5, 0.6) is 5.75 Å². The Morgan fingerprint density at radius 1 is 0.958 bits per heavy atom. The zero-order valence-electron chi connectivity index (χ0n) is 13.8. The van der Waals surface area contributed by atoms with E-state index in [0.717, 1.165) is 48.8 Å². The molecule has 2 aromatic rings. The Balaban J connectivity index is 1.44. The lowest BCUT2D eigenvalue weighted by atomic mass is 10.0. The minimum Gasteiger partial charge on any atom is -0.497 e. The maximum Gasteiger partial charge on any atom is 0.225 e. The summed E-state index contributed by atoms with van der Waals surface area (Å²) in [5.74, 6) is 1.24. The molecule has 1 aromatic heterocycles. The molecule has 6 nitrogen and oxygen atoms in total. The van der Waals surface area contributed by atoms with Crippen molar-refractivity contribution in [3.63, 3.8) is 0 Å². The van der Waals surface area contributed by atoms with Gasteiger partial charge in [0.05, 0.1) is 20.3 Å². The lowest BCUT2D eigenvalue weighted by molar-refractivity contribution is -0.169. The summed E-state index contributed by atoms with van der Waals surface area (Å²) < 4.78 is 16.7. The monoisotopic (exact) mass is 327 g/mol. The molecule has 0 atom stereocenters. The number of rotatable bonds is 3. The third-order valence-electron chi connectivity index (χ3n) is 4.68. The average molecular weight is 327 g/mol. The molecule has 2 aliphatic heterocycles. The number of hydrogen-bond acceptors (Lipinski definition) is 6.